The van der Waals surface area contributed by atoms with Gasteiger partial charge in [0.15, 0.2) is 0 Å². The van der Waals surface area contributed by atoms with Crippen molar-refractivity contribution in [1.29, 1.82) is 0 Å². The van der Waals surface area contributed by atoms with Crippen LogP contribution in [0.25, 0.3) is 11.1 Å². The molecule has 1 fully saturated rings. The molecule has 2 aromatic carbocycles. The third kappa shape index (κ3) is 8.82. The monoisotopic (exact) mass is 551 g/mol. The number of carbonyl (C=O) groups excluding carboxylic acids is 2. The molecular weight excluding hydrogens is 509 g/mol. The van der Waals surface area contributed by atoms with Gasteiger partial charge in [0.2, 0.25) is 5.96 Å². The molecule has 1 heterocycles. The van der Waals surface area contributed by atoms with E-state index in [1.165, 1.54) is 0 Å². The fourth-order valence-electron chi connectivity index (χ4n) is 3.74. The lowest BCUT2D eigenvalue weighted by Gasteiger charge is -2.32. The van der Waals surface area contributed by atoms with E-state index in [1.807, 2.05) is 76.2 Å². The van der Waals surface area contributed by atoms with Crippen LogP contribution in [0.1, 0.15) is 74.8 Å². The SMILES string of the molecule is CC(C)(C)OC(=O)NC(=NCc1cccc(-c2ccc(B3OC(C)(C)C(C)(C)O3)cc2)c1)NC(=O)OC(C)(C)C. The van der Waals surface area contributed by atoms with Crippen molar-refractivity contribution in [2.75, 3.05) is 0 Å². The maximum Gasteiger partial charge on any atom is 0.494 e. The standard InChI is InChI=1S/C30H42BN3O6/c1-27(2,3)37-25(35)33-24(34-26(36)38-28(4,5)6)32-19-20-12-11-13-22(18-20)21-14-16-23(17-15-21)31-39-29(7,8)30(9,10)40-31/h11-18H,19H2,1-10H3,(H2,32,33,34,35,36). The highest BCUT2D eigenvalue weighted by Crippen LogP contribution is 2.36. The topological polar surface area (TPSA) is 107 Å². The molecule has 0 spiro atoms. The maximum atomic E-state index is 12.4. The quantitative estimate of drug-likeness (QED) is 0.293. The minimum absolute atomic E-state index is 0.0688. The molecule has 0 saturated carbocycles. The Bertz CT molecular complexity index is 1200. The zero-order valence-electron chi connectivity index (χ0n) is 25.3. The highest BCUT2D eigenvalue weighted by molar-refractivity contribution is 6.62. The number of benzene rings is 2. The highest BCUT2D eigenvalue weighted by Gasteiger charge is 2.51. The molecule has 3 rings (SSSR count). The van der Waals surface area contributed by atoms with Crippen molar-refractivity contribution >= 4 is 30.7 Å². The Kier molecular flexibility index (Phi) is 9.06. The minimum Gasteiger partial charge on any atom is -0.444 e. The Morgan fingerprint density at radius 1 is 0.800 bits per heavy atom. The lowest BCUT2D eigenvalue weighted by atomic mass is 9.78. The number of alkyl carbamates (subject to hydrolysis) is 2. The number of hydrogen-bond acceptors (Lipinski definition) is 7. The molecule has 9 nitrogen and oxygen atoms in total. The molecule has 0 aliphatic carbocycles. The number of nitrogens with zero attached hydrogens (tertiary/aromatic N) is 1. The summed E-state index contributed by atoms with van der Waals surface area (Å²) < 4.78 is 22.9. The highest BCUT2D eigenvalue weighted by atomic mass is 16.7. The van der Waals surface area contributed by atoms with Gasteiger partial charge in [-0.2, -0.15) is 0 Å². The van der Waals surface area contributed by atoms with Crippen LogP contribution in [-0.2, 0) is 25.3 Å². The zero-order valence-corrected chi connectivity index (χ0v) is 25.3. The molecule has 0 atom stereocenters. The number of guanidine groups is 1. The first-order chi connectivity index (χ1) is 18.3. The van der Waals surface area contributed by atoms with Crippen molar-refractivity contribution in [1.82, 2.24) is 10.6 Å². The molecule has 0 unspecified atom stereocenters. The van der Waals surface area contributed by atoms with Gasteiger partial charge in [0, 0.05) is 0 Å². The molecule has 2 aromatic rings. The summed E-state index contributed by atoms with van der Waals surface area (Å²) in [6.45, 7) is 18.8. The molecular formula is C30H42BN3O6. The van der Waals surface area contributed by atoms with Crippen LogP contribution < -0.4 is 16.1 Å². The van der Waals surface area contributed by atoms with Gasteiger partial charge in [-0.1, -0.05) is 42.5 Å². The Hall–Kier alpha value is -3.37. The molecule has 0 aromatic heterocycles. The molecule has 10 heteroatoms. The molecule has 216 valence electrons. The summed E-state index contributed by atoms with van der Waals surface area (Å²) in [6.07, 6.45) is -1.48. The lowest BCUT2D eigenvalue weighted by Crippen LogP contribution is -2.47. The van der Waals surface area contributed by atoms with Crippen molar-refractivity contribution in [3.63, 3.8) is 0 Å². The predicted molar refractivity (Wildman–Crippen MR) is 157 cm³/mol. The summed E-state index contributed by atoms with van der Waals surface area (Å²) in [7, 11) is -0.423. The number of hydrogen-bond donors (Lipinski definition) is 2. The molecule has 40 heavy (non-hydrogen) atoms. The van der Waals surface area contributed by atoms with Crippen LogP contribution in [0, 0.1) is 0 Å². The van der Waals surface area contributed by atoms with Crippen LogP contribution >= 0.6 is 0 Å². The van der Waals surface area contributed by atoms with Crippen LogP contribution in [0.3, 0.4) is 0 Å². The van der Waals surface area contributed by atoms with Gasteiger partial charge in [-0.05, 0) is 97.5 Å². The smallest absolute Gasteiger partial charge is 0.444 e. The summed E-state index contributed by atoms with van der Waals surface area (Å²) in [6, 6.07) is 16.0. The first-order valence-electron chi connectivity index (χ1n) is 13.4. The van der Waals surface area contributed by atoms with E-state index in [1.54, 1.807) is 41.5 Å². The number of amides is 2. The number of ether oxygens (including phenoxy) is 2. The predicted octanol–water partition coefficient (Wildman–Crippen LogP) is 5.56. The zero-order chi connectivity index (χ0) is 29.9. The van der Waals surface area contributed by atoms with E-state index in [2.05, 4.69) is 15.6 Å². The molecule has 0 bridgehead atoms. The number of carbonyl (C=O) groups is 2. The first-order valence-corrected chi connectivity index (χ1v) is 13.4. The van der Waals surface area contributed by atoms with Crippen molar-refractivity contribution in [2.24, 2.45) is 4.99 Å². The van der Waals surface area contributed by atoms with Gasteiger partial charge in [0.05, 0.1) is 17.7 Å². The Labute approximate surface area is 238 Å². The summed E-state index contributed by atoms with van der Waals surface area (Å²) in [4.78, 5) is 29.1. The average Bonchev–Trinajstić information content (AvgIpc) is 3.02. The van der Waals surface area contributed by atoms with Crippen molar-refractivity contribution in [3.8, 4) is 11.1 Å². The van der Waals surface area contributed by atoms with E-state index in [-0.39, 0.29) is 12.5 Å². The maximum absolute atomic E-state index is 12.4. The second kappa shape index (κ2) is 11.6. The van der Waals surface area contributed by atoms with Crippen LogP contribution in [0.2, 0.25) is 0 Å². The average molecular weight is 551 g/mol. The molecule has 1 aliphatic heterocycles. The lowest BCUT2D eigenvalue weighted by molar-refractivity contribution is 0.00578. The Balaban J connectivity index is 1.75. The van der Waals surface area contributed by atoms with Crippen LogP contribution in [0.4, 0.5) is 9.59 Å². The van der Waals surface area contributed by atoms with E-state index < -0.39 is 41.7 Å². The summed E-state index contributed by atoms with van der Waals surface area (Å²) in [5, 5.41) is 5.01. The van der Waals surface area contributed by atoms with Crippen LogP contribution in [0.15, 0.2) is 53.5 Å². The normalized spacial score (nSPS) is 16.2. The molecule has 1 aliphatic rings. The van der Waals surface area contributed by atoms with E-state index in [9.17, 15) is 9.59 Å². The second-order valence-corrected chi connectivity index (χ2v) is 12.8. The Morgan fingerprint density at radius 3 is 1.77 bits per heavy atom. The van der Waals surface area contributed by atoms with Gasteiger partial charge in [0.25, 0.3) is 0 Å². The molecule has 0 radical (unpaired) electrons. The number of rotatable bonds is 4. The van der Waals surface area contributed by atoms with Gasteiger partial charge in [-0.25, -0.2) is 14.6 Å². The summed E-state index contributed by atoms with van der Waals surface area (Å²) >= 11 is 0. The van der Waals surface area contributed by atoms with Crippen molar-refractivity contribution < 1.29 is 28.4 Å². The largest absolute Gasteiger partial charge is 0.494 e. The van der Waals surface area contributed by atoms with E-state index in [4.69, 9.17) is 18.8 Å². The van der Waals surface area contributed by atoms with Gasteiger partial charge < -0.3 is 18.8 Å². The fraction of sp³-hybridized carbons (Fsp3) is 0.500. The van der Waals surface area contributed by atoms with Crippen molar-refractivity contribution in [3.05, 3.63) is 54.1 Å². The second-order valence-electron chi connectivity index (χ2n) is 12.8. The van der Waals surface area contributed by atoms with Crippen molar-refractivity contribution in [2.45, 2.75) is 98.2 Å². The number of nitrogens with one attached hydrogen (secondary N) is 2. The third-order valence-electron chi connectivity index (χ3n) is 6.35. The first kappa shape index (κ1) is 31.2. The van der Waals surface area contributed by atoms with E-state index in [0.717, 1.165) is 22.2 Å². The Morgan fingerprint density at radius 2 is 1.30 bits per heavy atom. The molecule has 1 saturated heterocycles. The fourth-order valence-corrected chi connectivity index (χ4v) is 3.74. The third-order valence-corrected chi connectivity index (χ3v) is 6.35. The van der Waals surface area contributed by atoms with Crippen LogP contribution in [-0.4, -0.2) is 47.7 Å². The van der Waals surface area contributed by atoms with Gasteiger partial charge in [-0.15, -0.1) is 0 Å². The van der Waals surface area contributed by atoms with Gasteiger partial charge >= 0.3 is 19.3 Å². The molecule has 2 N–H and O–H groups in total. The van der Waals surface area contributed by atoms with E-state index >= 15 is 0 Å². The molecule has 2 amide bonds. The van der Waals surface area contributed by atoms with Gasteiger partial charge in [0.1, 0.15) is 11.2 Å². The summed E-state index contributed by atoms with van der Waals surface area (Å²) in [5.74, 6) is -0.0688. The minimum atomic E-state index is -0.738. The van der Waals surface area contributed by atoms with Crippen LogP contribution in [0.5, 0.6) is 0 Å². The number of aliphatic imine (C=N–C) groups is 1. The summed E-state index contributed by atoms with van der Waals surface area (Å²) in [5.41, 5.74) is 1.61. The van der Waals surface area contributed by atoms with E-state index in [0.29, 0.717) is 0 Å². The van der Waals surface area contributed by atoms with Gasteiger partial charge in [-0.3, -0.25) is 10.6 Å².